The molecule has 1 saturated heterocycles. The van der Waals surface area contributed by atoms with Gasteiger partial charge in [0.05, 0.1) is 6.10 Å². The molecule has 1 aromatic carbocycles. The number of aliphatic hydroxyl groups excluding tert-OH is 1. The Morgan fingerprint density at radius 2 is 2.12 bits per heavy atom. The summed E-state index contributed by atoms with van der Waals surface area (Å²) in [5.74, 6) is -2.38. The van der Waals surface area contributed by atoms with Crippen LogP contribution < -0.4 is 0 Å². The van der Waals surface area contributed by atoms with E-state index in [2.05, 4.69) is 0 Å². The van der Waals surface area contributed by atoms with Crippen molar-refractivity contribution in [1.82, 2.24) is 4.90 Å². The topological polar surface area (TPSA) is 40.5 Å². The van der Waals surface area contributed by atoms with Crippen molar-refractivity contribution in [1.29, 1.82) is 0 Å². The van der Waals surface area contributed by atoms with Gasteiger partial charge in [-0.1, -0.05) is 0 Å². The van der Waals surface area contributed by atoms with Gasteiger partial charge in [0, 0.05) is 18.7 Å². The Balaban J connectivity index is 2.15. The van der Waals surface area contributed by atoms with Crippen molar-refractivity contribution in [3.8, 4) is 0 Å². The number of rotatable bonds is 1. The summed E-state index contributed by atoms with van der Waals surface area (Å²) < 4.78 is 25.7. The van der Waals surface area contributed by atoms with Gasteiger partial charge in [0.15, 0.2) is 11.6 Å². The van der Waals surface area contributed by atoms with Crippen LogP contribution in [0.25, 0.3) is 0 Å². The Labute approximate surface area is 97.7 Å². The van der Waals surface area contributed by atoms with Gasteiger partial charge in [-0.3, -0.25) is 4.79 Å². The molecular formula is C12H13F2NO2. The van der Waals surface area contributed by atoms with Gasteiger partial charge in [-0.25, -0.2) is 8.78 Å². The summed E-state index contributed by atoms with van der Waals surface area (Å²) in [6.45, 7) is 0.784. The molecule has 0 bridgehead atoms. The summed E-state index contributed by atoms with van der Waals surface area (Å²) in [6.07, 6.45) is 0.857. The molecule has 1 aromatic rings. The number of hydrogen-bond donors (Lipinski definition) is 1. The quantitative estimate of drug-likeness (QED) is 0.810. The highest BCUT2D eigenvalue weighted by Gasteiger charge is 2.23. The SMILES string of the molecule is O=C(c1ccc(F)c(F)c1)N1CCCC(O)C1. The maximum atomic E-state index is 13.0. The zero-order valence-electron chi connectivity index (χ0n) is 9.20. The molecule has 0 saturated carbocycles. The highest BCUT2D eigenvalue weighted by atomic mass is 19.2. The third-order valence-corrected chi connectivity index (χ3v) is 2.85. The van der Waals surface area contributed by atoms with E-state index in [1.165, 1.54) is 11.0 Å². The van der Waals surface area contributed by atoms with E-state index in [0.717, 1.165) is 18.6 Å². The van der Waals surface area contributed by atoms with Crippen LogP contribution in [0.3, 0.4) is 0 Å². The standard InChI is InChI=1S/C12H13F2NO2/c13-10-4-3-8(6-11(10)14)12(17)15-5-1-2-9(16)7-15/h3-4,6,9,16H,1-2,5,7H2. The Hall–Kier alpha value is -1.49. The third kappa shape index (κ3) is 2.61. The van der Waals surface area contributed by atoms with Crippen molar-refractivity contribution in [2.75, 3.05) is 13.1 Å². The number of benzene rings is 1. The van der Waals surface area contributed by atoms with E-state index < -0.39 is 17.7 Å². The summed E-state index contributed by atoms with van der Waals surface area (Å²) in [5.41, 5.74) is 0.109. The van der Waals surface area contributed by atoms with Crippen LogP contribution in [0, 0.1) is 11.6 Å². The minimum absolute atomic E-state index is 0.109. The van der Waals surface area contributed by atoms with E-state index in [0.29, 0.717) is 13.0 Å². The zero-order chi connectivity index (χ0) is 12.4. The van der Waals surface area contributed by atoms with E-state index >= 15 is 0 Å². The van der Waals surface area contributed by atoms with Crippen LogP contribution in [0.15, 0.2) is 18.2 Å². The lowest BCUT2D eigenvalue weighted by atomic mass is 10.1. The molecule has 1 aliphatic heterocycles. The van der Waals surface area contributed by atoms with E-state index in [1.54, 1.807) is 0 Å². The highest BCUT2D eigenvalue weighted by molar-refractivity contribution is 5.94. The van der Waals surface area contributed by atoms with Crippen LogP contribution in [-0.4, -0.2) is 35.1 Å². The first-order valence-corrected chi connectivity index (χ1v) is 5.50. The summed E-state index contributed by atoms with van der Waals surface area (Å²) >= 11 is 0. The van der Waals surface area contributed by atoms with Gasteiger partial charge in [0.1, 0.15) is 0 Å². The Morgan fingerprint density at radius 1 is 1.35 bits per heavy atom. The number of β-amino-alcohol motifs (C(OH)–C–C–N with tert-alkyl or cyclic N) is 1. The molecule has 0 spiro atoms. The first-order valence-electron chi connectivity index (χ1n) is 5.50. The van der Waals surface area contributed by atoms with Crippen LogP contribution >= 0.6 is 0 Å². The van der Waals surface area contributed by atoms with Crippen LogP contribution in [0.2, 0.25) is 0 Å². The minimum Gasteiger partial charge on any atom is -0.391 e. The lowest BCUT2D eigenvalue weighted by molar-refractivity contribution is 0.0473. The van der Waals surface area contributed by atoms with E-state index in [9.17, 15) is 18.7 Å². The predicted octanol–water partition coefficient (Wildman–Crippen LogP) is 1.56. The molecule has 0 radical (unpaired) electrons. The monoisotopic (exact) mass is 241 g/mol. The van der Waals surface area contributed by atoms with Gasteiger partial charge in [-0.05, 0) is 31.0 Å². The number of carbonyl (C=O) groups is 1. The van der Waals surface area contributed by atoms with Crippen molar-refractivity contribution in [2.45, 2.75) is 18.9 Å². The second kappa shape index (κ2) is 4.79. The molecule has 0 aromatic heterocycles. The van der Waals surface area contributed by atoms with Gasteiger partial charge in [0.25, 0.3) is 5.91 Å². The fourth-order valence-electron chi connectivity index (χ4n) is 1.95. The third-order valence-electron chi connectivity index (χ3n) is 2.85. The average Bonchev–Trinajstić information content (AvgIpc) is 2.32. The van der Waals surface area contributed by atoms with Crippen molar-refractivity contribution in [3.63, 3.8) is 0 Å². The average molecular weight is 241 g/mol. The normalized spacial score (nSPS) is 20.4. The van der Waals surface area contributed by atoms with E-state index in [-0.39, 0.29) is 18.0 Å². The number of hydrogen-bond acceptors (Lipinski definition) is 2. The number of aliphatic hydroxyl groups is 1. The predicted molar refractivity (Wildman–Crippen MR) is 57.5 cm³/mol. The molecule has 5 heteroatoms. The second-order valence-corrected chi connectivity index (χ2v) is 4.18. The minimum atomic E-state index is -1.03. The van der Waals surface area contributed by atoms with Gasteiger partial charge in [-0.15, -0.1) is 0 Å². The van der Waals surface area contributed by atoms with Gasteiger partial charge in [0.2, 0.25) is 0 Å². The molecule has 0 aliphatic carbocycles. The van der Waals surface area contributed by atoms with E-state index in [4.69, 9.17) is 0 Å². The molecule has 1 heterocycles. The molecule has 1 fully saturated rings. The number of likely N-dealkylation sites (tertiary alicyclic amines) is 1. The number of halogens is 2. The largest absolute Gasteiger partial charge is 0.391 e. The second-order valence-electron chi connectivity index (χ2n) is 4.18. The van der Waals surface area contributed by atoms with Crippen LogP contribution in [-0.2, 0) is 0 Å². The number of piperidine rings is 1. The van der Waals surface area contributed by atoms with Gasteiger partial charge in [-0.2, -0.15) is 0 Å². The summed E-state index contributed by atoms with van der Waals surface area (Å²) in [7, 11) is 0. The Bertz CT molecular complexity index is 437. The fraction of sp³-hybridized carbons (Fsp3) is 0.417. The summed E-state index contributed by atoms with van der Waals surface area (Å²) in [5, 5.41) is 9.45. The van der Waals surface area contributed by atoms with Crippen LogP contribution in [0.5, 0.6) is 0 Å². The number of nitrogens with zero attached hydrogens (tertiary/aromatic N) is 1. The molecular weight excluding hydrogens is 228 g/mol. The molecule has 1 aliphatic rings. The molecule has 92 valence electrons. The zero-order valence-corrected chi connectivity index (χ0v) is 9.20. The lowest BCUT2D eigenvalue weighted by Crippen LogP contribution is -2.42. The van der Waals surface area contributed by atoms with Gasteiger partial charge >= 0.3 is 0 Å². The summed E-state index contributed by atoms with van der Waals surface area (Å²) in [6, 6.07) is 3.07. The lowest BCUT2D eigenvalue weighted by Gasteiger charge is -2.30. The molecule has 1 unspecified atom stereocenters. The summed E-state index contributed by atoms with van der Waals surface area (Å²) in [4.78, 5) is 13.4. The molecule has 1 N–H and O–H groups in total. The maximum Gasteiger partial charge on any atom is 0.254 e. The molecule has 1 amide bonds. The Morgan fingerprint density at radius 3 is 2.76 bits per heavy atom. The maximum absolute atomic E-state index is 13.0. The number of carbonyl (C=O) groups excluding carboxylic acids is 1. The Kier molecular flexibility index (Phi) is 3.38. The van der Waals surface area contributed by atoms with Crippen molar-refractivity contribution < 1.29 is 18.7 Å². The molecule has 1 atom stereocenters. The smallest absolute Gasteiger partial charge is 0.254 e. The molecule has 2 rings (SSSR count). The van der Waals surface area contributed by atoms with Crippen molar-refractivity contribution in [2.24, 2.45) is 0 Å². The fourth-order valence-corrected chi connectivity index (χ4v) is 1.95. The number of amides is 1. The molecule has 17 heavy (non-hydrogen) atoms. The van der Waals surface area contributed by atoms with Crippen molar-refractivity contribution in [3.05, 3.63) is 35.4 Å². The highest BCUT2D eigenvalue weighted by Crippen LogP contribution is 2.15. The van der Waals surface area contributed by atoms with Crippen LogP contribution in [0.4, 0.5) is 8.78 Å². The van der Waals surface area contributed by atoms with Crippen LogP contribution in [0.1, 0.15) is 23.2 Å². The first-order chi connectivity index (χ1) is 8.08. The first kappa shape index (κ1) is 12.0. The van der Waals surface area contributed by atoms with Crippen molar-refractivity contribution >= 4 is 5.91 Å². The molecule has 3 nitrogen and oxygen atoms in total. The van der Waals surface area contributed by atoms with E-state index in [1.807, 2.05) is 0 Å². The van der Waals surface area contributed by atoms with Gasteiger partial charge < -0.3 is 10.0 Å².